The fourth-order valence-corrected chi connectivity index (χ4v) is 2.12. The van der Waals surface area contributed by atoms with Crippen molar-refractivity contribution in [2.24, 2.45) is 0 Å². The Morgan fingerprint density at radius 3 is 2.45 bits per heavy atom. The van der Waals surface area contributed by atoms with Crippen LogP contribution in [0.3, 0.4) is 0 Å². The molecule has 5 heteroatoms. The number of hydrogen-bond donors (Lipinski definition) is 1. The van der Waals surface area contributed by atoms with Gasteiger partial charge in [-0.3, -0.25) is 9.59 Å². The van der Waals surface area contributed by atoms with E-state index in [2.05, 4.69) is 0 Å². The zero-order valence-electron chi connectivity index (χ0n) is 11.4. The molecule has 0 unspecified atom stereocenters. The lowest BCUT2D eigenvalue weighted by Crippen LogP contribution is -2.41. The molecule has 0 radical (unpaired) electrons. The average Bonchev–Trinajstić information content (AvgIpc) is 2.47. The fraction of sp³-hybridized carbons (Fsp3) is 0.467. The van der Waals surface area contributed by atoms with Crippen molar-refractivity contribution in [2.45, 2.75) is 19.3 Å². The average molecular weight is 277 g/mol. The molecule has 1 aliphatic heterocycles. The second-order valence-corrected chi connectivity index (χ2v) is 4.83. The summed E-state index contributed by atoms with van der Waals surface area (Å²) in [6.07, 6.45) is 1.50. The van der Waals surface area contributed by atoms with Crippen molar-refractivity contribution in [3.63, 3.8) is 0 Å². The third-order valence-corrected chi connectivity index (χ3v) is 3.36. The third-order valence-electron chi connectivity index (χ3n) is 3.36. The number of piperidine rings is 1. The SMILES string of the molecule is O=C1CCN(C(=O)COc2ccc(CCO)cc2)CC1. The Hall–Kier alpha value is -1.88. The van der Waals surface area contributed by atoms with Gasteiger partial charge in [0.1, 0.15) is 11.5 Å². The van der Waals surface area contributed by atoms with Gasteiger partial charge < -0.3 is 14.7 Å². The molecule has 1 amide bonds. The molecular formula is C15H19NO4. The van der Waals surface area contributed by atoms with Gasteiger partial charge in [0, 0.05) is 32.5 Å². The second-order valence-electron chi connectivity index (χ2n) is 4.83. The number of benzene rings is 1. The Kier molecular flexibility index (Phi) is 5.12. The number of aliphatic hydroxyl groups excluding tert-OH is 1. The maximum Gasteiger partial charge on any atom is 0.260 e. The predicted octanol–water partition coefficient (Wildman–Crippen LogP) is 0.792. The van der Waals surface area contributed by atoms with E-state index in [0.717, 1.165) is 5.56 Å². The molecule has 1 saturated heterocycles. The van der Waals surface area contributed by atoms with Gasteiger partial charge in [0.25, 0.3) is 5.91 Å². The molecule has 0 spiro atoms. The van der Waals surface area contributed by atoms with E-state index < -0.39 is 0 Å². The molecule has 0 saturated carbocycles. The Morgan fingerprint density at radius 2 is 1.85 bits per heavy atom. The Morgan fingerprint density at radius 1 is 1.20 bits per heavy atom. The number of likely N-dealkylation sites (tertiary alicyclic amines) is 1. The number of ether oxygens (including phenoxy) is 1. The quantitative estimate of drug-likeness (QED) is 0.864. The van der Waals surface area contributed by atoms with Gasteiger partial charge in [-0.05, 0) is 24.1 Å². The topological polar surface area (TPSA) is 66.8 Å². The number of carbonyl (C=O) groups excluding carboxylic acids is 2. The highest BCUT2D eigenvalue weighted by Gasteiger charge is 2.20. The number of aliphatic hydroxyl groups is 1. The van der Waals surface area contributed by atoms with Gasteiger partial charge in [-0.25, -0.2) is 0 Å². The van der Waals surface area contributed by atoms with Crippen LogP contribution in [0.1, 0.15) is 18.4 Å². The van der Waals surface area contributed by atoms with Crippen LogP contribution in [0.4, 0.5) is 0 Å². The van der Waals surface area contributed by atoms with E-state index in [1.54, 1.807) is 17.0 Å². The Bertz CT molecular complexity index is 459. The number of hydrogen-bond acceptors (Lipinski definition) is 4. The third kappa shape index (κ3) is 4.06. The molecular weight excluding hydrogens is 258 g/mol. The number of rotatable bonds is 5. The first-order valence-corrected chi connectivity index (χ1v) is 6.81. The first-order valence-electron chi connectivity index (χ1n) is 6.81. The zero-order chi connectivity index (χ0) is 14.4. The molecule has 5 nitrogen and oxygen atoms in total. The van der Waals surface area contributed by atoms with Crippen molar-refractivity contribution in [1.29, 1.82) is 0 Å². The molecule has 1 N–H and O–H groups in total. The summed E-state index contributed by atoms with van der Waals surface area (Å²) in [4.78, 5) is 24.7. The Balaban J connectivity index is 1.79. The molecule has 0 aliphatic carbocycles. The molecule has 0 atom stereocenters. The van der Waals surface area contributed by atoms with Crippen molar-refractivity contribution in [2.75, 3.05) is 26.3 Å². The summed E-state index contributed by atoms with van der Waals surface area (Å²) in [6, 6.07) is 7.32. The lowest BCUT2D eigenvalue weighted by atomic mass is 10.1. The number of carbonyl (C=O) groups is 2. The van der Waals surface area contributed by atoms with E-state index in [4.69, 9.17) is 9.84 Å². The van der Waals surface area contributed by atoms with Crippen LogP contribution in [-0.4, -0.2) is 48.0 Å². The van der Waals surface area contributed by atoms with Gasteiger partial charge >= 0.3 is 0 Å². The minimum atomic E-state index is -0.0862. The first kappa shape index (κ1) is 14.5. The van der Waals surface area contributed by atoms with Gasteiger partial charge in [-0.15, -0.1) is 0 Å². The fourth-order valence-electron chi connectivity index (χ4n) is 2.12. The van der Waals surface area contributed by atoms with Crippen LogP contribution >= 0.6 is 0 Å². The van der Waals surface area contributed by atoms with Crippen molar-refractivity contribution < 1.29 is 19.4 Å². The Labute approximate surface area is 118 Å². The van der Waals surface area contributed by atoms with E-state index in [1.807, 2.05) is 12.1 Å². The summed E-state index contributed by atoms with van der Waals surface area (Å²) in [5.74, 6) is 0.763. The monoisotopic (exact) mass is 277 g/mol. The van der Waals surface area contributed by atoms with Crippen molar-refractivity contribution in [3.05, 3.63) is 29.8 Å². The van der Waals surface area contributed by atoms with E-state index in [0.29, 0.717) is 38.1 Å². The molecule has 108 valence electrons. The summed E-state index contributed by atoms with van der Waals surface area (Å²) in [5, 5.41) is 8.82. The van der Waals surface area contributed by atoms with Gasteiger partial charge in [0.15, 0.2) is 6.61 Å². The van der Waals surface area contributed by atoms with Crippen molar-refractivity contribution in [1.82, 2.24) is 4.90 Å². The van der Waals surface area contributed by atoms with Crippen LogP contribution in [0.25, 0.3) is 0 Å². The molecule has 2 rings (SSSR count). The van der Waals surface area contributed by atoms with Crippen LogP contribution in [0.5, 0.6) is 5.75 Å². The summed E-state index contributed by atoms with van der Waals surface area (Å²) < 4.78 is 5.44. The maximum atomic E-state index is 11.9. The lowest BCUT2D eigenvalue weighted by Gasteiger charge is -2.25. The van der Waals surface area contributed by atoms with E-state index in [-0.39, 0.29) is 24.9 Å². The van der Waals surface area contributed by atoms with Gasteiger partial charge in [0.05, 0.1) is 0 Å². The van der Waals surface area contributed by atoms with Gasteiger partial charge in [-0.1, -0.05) is 12.1 Å². The predicted molar refractivity (Wildman–Crippen MR) is 73.5 cm³/mol. The van der Waals surface area contributed by atoms with Gasteiger partial charge in [-0.2, -0.15) is 0 Å². The highest BCUT2D eigenvalue weighted by Crippen LogP contribution is 2.13. The van der Waals surface area contributed by atoms with Crippen molar-refractivity contribution >= 4 is 11.7 Å². The molecule has 1 heterocycles. The van der Waals surface area contributed by atoms with Crippen LogP contribution in [0, 0.1) is 0 Å². The van der Waals surface area contributed by atoms with Crippen LogP contribution < -0.4 is 4.74 Å². The van der Waals surface area contributed by atoms with Crippen molar-refractivity contribution in [3.8, 4) is 5.75 Å². The molecule has 0 aromatic heterocycles. The van der Waals surface area contributed by atoms with Gasteiger partial charge in [0.2, 0.25) is 0 Å². The number of ketones is 1. The maximum absolute atomic E-state index is 11.9. The minimum absolute atomic E-state index is 0.00641. The lowest BCUT2D eigenvalue weighted by molar-refractivity contribution is -0.136. The number of Topliss-reactive ketones (excluding diaryl/α,β-unsaturated/α-hetero) is 1. The first-order chi connectivity index (χ1) is 9.69. The van der Waals surface area contributed by atoms with E-state index in [9.17, 15) is 9.59 Å². The summed E-state index contributed by atoms with van der Waals surface area (Å²) in [6.45, 7) is 1.10. The largest absolute Gasteiger partial charge is 0.484 e. The van der Waals surface area contributed by atoms with Crippen LogP contribution in [0.15, 0.2) is 24.3 Å². The normalized spacial score (nSPS) is 15.2. The molecule has 1 aromatic rings. The molecule has 1 aromatic carbocycles. The number of amides is 1. The van der Waals surface area contributed by atoms with Crippen LogP contribution in [0.2, 0.25) is 0 Å². The van der Waals surface area contributed by atoms with E-state index >= 15 is 0 Å². The standard InChI is InChI=1S/C15H19NO4/c17-10-7-12-1-3-14(4-2-12)20-11-15(19)16-8-5-13(18)6-9-16/h1-4,17H,5-11H2. The van der Waals surface area contributed by atoms with Crippen LogP contribution in [-0.2, 0) is 16.0 Å². The summed E-state index contributed by atoms with van der Waals surface area (Å²) >= 11 is 0. The molecule has 20 heavy (non-hydrogen) atoms. The smallest absolute Gasteiger partial charge is 0.260 e. The number of nitrogens with zero attached hydrogens (tertiary/aromatic N) is 1. The zero-order valence-corrected chi connectivity index (χ0v) is 11.4. The highest BCUT2D eigenvalue weighted by molar-refractivity contribution is 5.83. The summed E-state index contributed by atoms with van der Waals surface area (Å²) in [7, 11) is 0. The molecule has 1 fully saturated rings. The molecule has 1 aliphatic rings. The summed E-state index contributed by atoms with van der Waals surface area (Å²) in [5.41, 5.74) is 1.03. The van der Waals surface area contributed by atoms with E-state index in [1.165, 1.54) is 0 Å². The minimum Gasteiger partial charge on any atom is -0.484 e. The highest BCUT2D eigenvalue weighted by atomic mass is 16.5. The second kappa shape index (κ2) is 7.05. The molecule has 0 bridgehead atoms.